The van der Waals surface area contributed by atoms with E-state index in [1.165, 1.54) is 0 Å². The summed E-state index contributed by atoms with van der Waals surface area (Å²) in [5.41, 5.74) is -1.13. The summed E-state index contributed by atoms with van der Waals surface area (Å²) in [6.07, 6.45) is 8.45. The zero-order valence-corrected chi connectivity index (χ0v) is 25.1. The molecule has 226 valence electrons. The lowest BCUT2D eigenvalue weighted by molar-refractivity contribution is -0.144. The summed E-state index contributed by atoms with van der Waals surface area (Å²) in [6.45, 7) is 5.11. The molecule has 4 aliphatic heterocycles. The van der Waals surface area contributed by atoms with E-state index in [0.29, 0.717) is 48.1 Å². The molecule has 2 aromatic rings. The van der Waals surface area contributed by atoms with Crippen molar-refractivity contribution in [3.63, 3.8) is 0 Å². The van der Waals surface area contributed by atoms with Crippen molar-refractivity contribution in [3.05, 3.63) is 77.9 Å². The molecule has 1 unspecified atom stereocenters. The van der Waals surface area contributed by atoms with Crippen LogP contribution in [0.4, 0.5) is 11.4 Å². The molecule has 3 amide bonds. The van der Waals surface area contributed by atoms with Crippen molar-refractivity contribution < 1.29 is 29.0 Å². The van der Waals surface area contributed by atoms with Crippen molar-refractivity contribution in [1.82, 2.24) is 4.90 Å². The van der Waals surface area contributed by atoms with E-state index in [-0.39, 0.29) is 37.4 Å². The third-order valence-corrected chi connectivity index (χ3v) is 9.21. The number of hydrogen-bond donors (Lipinski definition) is 1. The Morgan fingerprint density at radius 2 is 1.51 bits per heavy atom. The van der Waals surface area contributed by atoms with Crippen LogP contribution in [0.2, 0.25) is 5.02 Å². The quantitative estimate of drug-likeness (QED) is 0.361. The Morgan fingerprint density at radius 1 is 0.884 bits per heavy atom. The second-order valence-electron chi connectivity index (χ2n) is 11.6. The first-order valence-corrected chi connectivity index (χ1v) is 15.2. The Kier molecular flexibility index (Phi) is 7.83. The second kappa shape index (κ2) is 11.4. The lowest BCUT2D eigenvalue weighted by atomic mass is 9.74. The summed E-state index contributed by atoms with van der Waals surface area (Å²) in [6, 6.07) is 13.3. The SMILES string of the molecule is CCOc1ccc(N2CC=C[C@]3(C)O[C@]45C=CCN(c6ccc(Cl)cc6)C(=O)C4N(CCCCO)C(=O)[C@@H]5[C@@H]3C2=O)cc1. The van der Waals surface area contributed by atoms with Gasteiger partial charge in [0.15, 0.2) is 0 Å². The molecule has 0 aromatic heterocycles. The number of likely N-dealkylation sites (tertiary alicyclic amines) is 1. The van der Waals surface area contributed by atoms with Gasteiger partial charge in [0.05, 0.1) is 24.0 Å². The molecule has 0 saturated carbocycles. The lowest BCUT2D eigenvalue weighted by Gasteiger charge is -2.37. The van der Waals surface area contributed by atoms with Gasteiger partial charge in [-0.15, -0.1) is 0 Å². The van der Waals surface area contributed by atoms with Gasteiger partial charge in [-0.1, -0.05) is 35.9 Å². The van der Waals surface area contributed by atoms with E-state index in [4.69, 9.17) is 21.1 Å². The highest BCUT2D eigenvalue weighted by molar-refractivity contribution is 6.30. The van der Waals surface area contributed by atoms with Gasteiger partial charge in [0.1, 0.15) is 17.4 Å². The Balaban J connectivity index is 1.42. The van der Waals surface area contributed by atoms with Crippen LogP contribution in [0.5, 0.6) is 5.75 Å². The lowest BCUT2D eigenvalue weighted by Crippen LogP contribution is -2.56. The van der Waals surface area contributed by atoms with Crippen LogP contribution in [0, 0.1) is 11.8 Å². The van der Waals surface area contributed by atoms with E-state index < -0.39 is 29.1 Å². The number of carbonyl (C=O) groups excluding carboxylic acids is 3. The maximum atomic E-state index is 14.5. The van der Waals surface area contributed by atoms with Crippen LogP contribution < -0.4 is 14.5 Å². The van der Waals surface area contributed by atoms with E-state index in [0.717, 1.165) is 0 Å². The smallest absolute Gasteiger partial charge is 0.253 e. The highest BCUT2D eigenvalue weighted by atomic mass is 35.5. The monoisotopic (exact) mass is 605 g/mol. The predicted molar refractivity (Wildman–Crippen MR) is 163 cm³/mol. The molecule has 4 heterocycles. The number of ether oxygens (including phenoxy) is 2. The first-order chi connectivity index (χ1) is 20.7. The van der Waals surface area contributed by atoms with Gasteiger partial charge in [-0.05, 0) is 75.2 Å². The molecule has 1 N–H and O–H groups in total. The Labute approximate surface area is 256 Å². The molecule has 0 radical (unpaired) electrons. The van der Waals surface area contributed by atoms with E-state index in [1.807, 2.05) is 62.4 Å². The number of nitrogens with zero attached hydrogens (tertiary/aromatic N) is 3. The molecule has 0 bridgehead atoms. The van der Waals surface area contributed by atoms with Gasteiger partial charge < -0.3 is 29.3 Å². The van der Waals surface area contributed by atoms with Crippen LogP contribution in [0.25, 0.3) is 0 Å². The molecule has 6 rings (SSSR count). The summed E-state index contributed by atoms with van der Waals surface area (Å²) in [5, 5.41) is 10.0. The summed E-state index contributed by atoms with van der Waals surface area (Å²) < 4.78 is 12.5. The first-order valence-electron chi connectivity index (χ1n) is 14.8. The second-order valence-corrected chi connectivity index (χ2v) is 12.0. The molecule has 0 aliphatic carbocycles. The Morgan fingerprint density at radius 3 is 2.16 bits per heavy atom. The minimum absolute atomic E-state index is 0.0243. The van der Waals surface area contributed by atoms with Crippen molar-refractivity contribution in [3.8, 4) is 5.75 Å². The number of unbranched alkanes of at least 4 members (excludes halogenated alkanes) is 1. The van der Waals surface area contributed by atoms with Gasteiger partial charge in [-0.3, -0.25) is 14.4 Å². The predicted octanol–water partition coefficient (Wildman–Crippen LogP) is 3.99. The van der Waals surface area contributed by atoms with Gasteiger partial charge in [0, 0.05) is 42.6 Å². The summed E-state index contributed by atoms with van der Waals surface area (Å²) in [4.78, 5) is 48.3. The van der Waals surface area contributed by atoms with Crippen molar-refractivity contribution in [2.75, 3.05) is 42.6 Å². The van der Waals surface area contributed by atoms with Gasteiger partial charge in [-0.25, -0.2) is 0 Å². The number of anilines is 2. The maximum absolute atomic E-state index is 14.5. The standard InChI is InChI=1S/C33H36ClN3O6/c1-3-42-25-14-12-24(13-15-25)35-19-6-16-32(2)26(29(35)39)27-30(40)37(18-4-5-21-38)28-31(41)36(20-7-17-33(27,28)43-32)23-10-8-22(34)9-11-23/h6-17,26-28,38H,3-5,18-21H2,1-2H3/t26-,27+,28?,32+,33+/m1/s1. The van der Waals surface area contributed by atoms with Crippen LogP contribution >= 0.6 is 11.6 Å². The number of benzene rings is 2. The molecule has 4 aliphatic rings. The minimum Gasteiger partial charge on any atom is -0.494 e. The molecular weight excluding hydrogens is 570 g/mol. The van der Waals surface area contributed by atoms with Crippen LogP contribution in [0.1, 0.15) is 26.7 Å². The molecule has 43 heavy (non-hydrogen) atoms. The Hall–Kier alpha value is -3.66. The third kappa shape index (κ3) is 4.83. The van der Waals surface area contributed by atoms with E-state index in [9.17, 15) is 19.5 Å². The minimum atomic E-state index is -1.35. The van der Waals surface area contributed by atoms with Gasteiger partial charge in [-0.2, -0.15) is 0 Å². The van der Waals surface area contributed by atoms with Crippen molar-refractivity contribution in [2.45, 2.75) is 43.9 Å². The average molecular weight is 606 g/mol. The highest BCUT2D eigenvalue weighted by Crippen LogP contribution is 2.57. The normalized spacial score (nSPS) is 29.8. The van der Waals surface area contributed by atoms with Crippen molar-refractivity contribution in [1.29, 1.82) is 0 Å². The summed E-state index contributed by atoms with van der Waals surface area (Å²) >= 11 is 6.12. The molecule has 2 fully saturated rings. The highest BCUT2D eigenvalue weighted by Gasteiger charge is 2.74. The summed E-state index contributed by atoms with van der Waals surface area (Å²) in [5.74, 6) is -1.88. The van der Waals surface area contributed by atoms with E-state index >= 15 is 0 Å². The van der Waals surface area contributed by atoms with Gasteiger partial charge in [0.2, 0.25) is 11.8 Å². The molecule has 2 saturated heterocycles. The molecule has 9 nitrogen and oxygen atoms in total. The largest absolute Gasteiger partial charge is 0.494 e. The number of carbonyl (C=O) groups is 3. The molecule has 10 heteroatoms. The number of amides is 3. The molecule has 1 spiro atoms. The van der Waals surface area contributed by atoms with Gasteiger partial charge >= 0.3 is 0 Å². The fourth-order valence-electron chi connectivity index (χ4n) is 7.13. The van der Waals surface area contributed by atoms with E-state index in [1.54, 1.807) is 39.0 Å². The average Bonchev–Trinajstić information content (AvgIpc) is 3.25. The van der Waals surface area contributed by atoms with Crippen LogP contribution in [0.3, 0.4) is 0 Å². The third-order valence-electron chi connectivity index (χ3n) is 8.96. The maximum Gasteiger partial charge on any atom is 0.253 e. The van der Waals surface area contributed by atoms with Crippen LogP contribution in [0.15, 0.2) is 72.8 Å². The zero-order valence-electron chi connectivity index (χ0n) is 24.3. The number of rotatable bonds is 8. The first kappa shape index (κ1) is 29.4. The number of fused-ring (bicyclic) bond motifs is 2. The Bertz CT molecular complexity index is 1460. The van der Waals surface area contributed by atoms with Gasteiger partial charge in [0.25, 0.3) is 5.91 Å². The fourth-order valence-corrected chi connectivity index (χ4v) is 7.26. The zero-order chi connectivity index (χ0) is 30.4. The fraction of sp³-hybridized carbons (Fsp3) is 0.424. The topological polar surface area (TPSA) is 99.6 Å². The molecule has 5 atom stereocenters. The van der Waals surface area contributed by atoms with Crippen LogP contribution in [-0.2, 0) is 19.1 Å². The summed E-state index contributed by atoms with van der Waals surface area (Å²) in [7, 11) is 0. The number of hydrogen-bond acceptors (Lipinski definition) is 6. The van der Waals surface area contributed by atoms with Crippen molar-refractivity contribution >= 4 is 40.7 Å². The van der Waals surface area contributed by atoms with E-state index in [2.05, 4.69) is 0 Å². The molecule has 2 aromatic carbocycles. The molecular formula is C33H36ClN3O6. The number of aliphatic hydroxyl groups excluding tert-OH is 1. The number of halogens is 1. The number of aliphatic hydroxyl groups is 1. The van der Waals surface area contributed by atoms with Crippen LogP contribution in [-0.4, -0.2) is 77.8 Å². The van der Waals surface area contributed by atoms with Crippen molar-refractivity contribution in [2.24, 2.45) is 11.8 Å².